The number of oxazole rings is 1. The van der Waals surface area contributed by atoms with Gasteiger partial charge in [-0.25, -0.2) is 4.98 Å². The summed E-state index contributed by atoms with van der Waals surface area (Å²) < 4.78 is 41.7. The number of aromatic nitrogens is 1. The zero-order chi connectivity index (χ0) is 24.4. The van der Waals surface area contributed by atoms with E-state index in [4.69, 9.17) is 14.9 Å². The van der Waals surface area contributed by atoms with Gasteiger partial charge < -0.3 is 29.4 Å². The molecule has 1 aliphatic carbocycles. The molecule has 2 aromatic rings. The molecule has 0 radical (unpaired) electrons. The van der Waals surface area contributed by atoms with Gasteiger partial charge in [0.2, 0.25) is 11.8 Å². The lowest BCUT2D eigenvalue weighted by atomic mass is 10.2. The van der Waals surface area contributed by atoms with Crippen LogP contribution in [-0.2, 0) is 11.3 Å². The molecule has 9 nitrogen and oxygen atoms in total. The first-order valence-corrected chi connectivity index (χ1v) is 11.2. The molecule has 2 N–H and O–H groups in total. The summed E-state index contributed by atoms with van der Waals surface area (Å²) in [6.07, 6.45) is 3.33. The topological polar surface area (TPSA) is 111 Å². The third kappa shape index (κ3) is 5.14. The third-order valence-corrected chi connectivity index (χ3v) is 5.90. The number of likely N-dealkylation sites (N-methyl/N-ethyl adjacent to an activating group) is 1. The van der Waals surface area contributed by atoms with Crippen LogP contribution in [0.2, 0.25) is 0 Å². The van der Waals surface area contributed by atoms with E-state index in [0.717, 1.165) is 12.8 Å². The molecule has 1 unspecified atom stereocenters. The van der Waals surface area contributed by atoms with E-state index in [1.165, 1.54) is 28.0 Å². The average molecular weight is 478 g/mol. The van der Waals surface area contributed by atoms with Crippen molar-refractivity contribution in [3.8, 4) is 23.0 Å². The summed E-state index contributed by atoms with van der Waals surface area (Å²) in [5, 5.41) is 0. The van der Waals surface area contributed by atoms with Crippen LogP contribution in [0.5, 0.6) is 11.5 Å². The van der Waals surface area contributed by atoms with E-state index in [1.54, 1.807) is 14.1 Å². The number of ether oxygens (including phenoxy) is 2. The lowest BCUT2D eigenvalue weighted by molar-refractivity contribution is -0.132. The molecule has 34 heavy (non-hydrogen) atoms. The van der Waals surface area contributed by atoms with Crippen LogP contribution >= 0.6 is 0 Å². The van der Waals surface area contributed by atoms with Gasteiger partial charge in [-0.2, -0.15) is 8.78 Å². The van der Waals surface area contributed by atoms with Gasteiger partial charge in [-0.05, 0) is 49.8 Å². The minimum absolute atomic E-state index is 0.0318. The Labute approximate surface area is 195 Å². The second kappa shape index (κ2) is 9.96. The molecule has 0 spiro atoms. The van der Waals surface area contributed by atoms with Crippen molar-refractivity contribution in [1.82, 2.24) is 14.8 Å². The minimum Gasteiger partial charge on any atom is -0.489 e. The molecule has 2 fully saturated rings. The first kappa shape index (κ1) is 23.9. The average Bonchev–Trinajstić information content (AvgIpc) is 3.33. The second-order valence-electron chi connectivity index (χ2n) is 8.68. The Morgan fingerprint density at radius 2 is 2.03 bits per heavy atom. The quantitative estimate of drug-likeness (QED) is 0.590. The zero-order valence-corrected chi connectivity index (χ0v) is 19.1. The summed E-state index contributed by atoms with van der Waals surface area (Å²) in [5.74, 6) is 0.127. The molecule has 2 amide bonds. The molecular weight excluding hydrogens is 450 g/mol. The molecule has 0 bridgehead atoms. The van der Waals surface area contributed by atoms with Crippen LogP contribution in [0, 0.1) is 5.92 Å². The first-order chi connectivity index (χ1) is 16.3. The number of nitrogens with zero attached hydrogens (tertiary/aromatic N) is 3. The highest BCUT2D eigenvalue weighted by atomic mass is 19.3. The van der Waals surface area contributed by atoms with Crippen molar-refractivity contribution in [2.24, 2.45) is 11.7 Å². The molecule has 2 heterocycles. The van der Waals surface area contributed by atoms with E-state index in [0.29, 0.717) is 37.5 Å². The van der Waals surface area contributed by atoms with Gasteiger partial charge in [-0.1, -0.05) is 0 Å². The standard InChI is InChI=1S/C23H28F2N4O5/c1-28(2)21(30)15-4-3-9-29(15)22(31)19-18(11-26)33-20(27-19)14-7-8-16(34-23(24)25)17(10-14)32-12-13-5-6-13/h7-8,10,13,15,23H,3-6,9,11-12,26H2,1-2H3. The van der Waals surface area contributed by atoms with Crippen LogP contribution in [-0.4, -0.2) is 66.5 Å². The fraction of sp³-hybridized carbons (Fsp3) is 0.522. The Morgan fingerprint density at radius 1 is 1.26 bits per heavy atom. The normalized spacial score (nSPS) is 17.8. The molecule has 1 aromatic heterocycles. The number of rotatable bonds is 9. The Balaban J connectivity index is 1.62. The molecule has 1 aromatic carbocycles. The molecule has 1 atom stereocenters. The van der Waals surface area contributed by atoms with Crippen LogP contribution < -0.4 is 15.2 Å². The van der Waals surface area contributed by atoms with Gasteiger partial charge in [0.15, 0.2) is 23.0 Å². The third-order valence-electron chi connectivity index (χ3n) is 5.90. The van der Waals surface area contributed by atoms with E-state index < -0.39 is 18.6 Å². The van der Waals surface area contributed by atoms with Gasteiger partial charge in [0.25, 0.3) is 5.91 Å². The predicted octanol–water partition coefficient (Wildman–Crippen LogP) is 2.88. The van der Waals surface area contributed by atoms with Crippen molar-refractivity contribution in [3.63, 3.8) is 0 Å². The van der Waals surface area contributed by atoms with E-state index in [9.17, 15) is 18.4 Å². The number of carbonyl (C=O) groups is 2. The number of carbonyl (C=O) groups excluding carboxylic acids is 2. The molecular formula is C23H28F2N4O5. The van der Waals surface area contributed by atoms with Crippen molar-refractivity contribution in [3.05, 3.63) is 29.7 Å². The molecule has 1 aliphatic heterocycles. The summed E-state index contributed by atoms with van der Waals surface area (Å²) in [4.78, 5) is 33.1. The van der Waals surface area contributed by atoms with E-state index >= 15 is 0 Å². The number of alkyl halides is 2. The highest BCUT2D eigenvalue weighted by Gasteiger charge is 2.37. The molecule has 11 heteroatoms. The fourth-order valence-corrected chi connectivity index (χ4v) is 3.92. The summed E-state index contributed by atoms with van der Waals surface area (Å²) in [6.45, 7) is -2.26. The van der Waals surface area contributed by atoms with E-state index in [-0.39, 0.29) is 41.3 Å². The number of benzene rings is 1. The maximum Gasteiger partial charge on any atom is 0.387 e. The van der Waals surface area contributed by atoms with E-state index in [2.05, 4.69) is 9.72 Å². The lowest BCUT2D eigenvalue weighted by Crippen LogP contribution is -2.45. The number of hydrogen-bond acceptors (Lipinski definition) is 7. The number of hydrogen-bond donors (Lipinski definition) is 1. The zero-order valence-electron chi connectivity index (χ0n) is 19.1. The summed E-state index contributed by atoms with van der Waals surface area (Å²) in [5.41, 5.74) is 6.26. The monoisotopic (exact) mass is 478 g/mol. The van der Waals surface area contributed by atoms with Crippen molar-refractivity contribution in [2.45, 2.75) is 44.9 Å². The van der Waals surface area contributed by atoms with Gasteiger partial charge in [-0.15, -0.1) is 0 Å². The van der Waals surface area contributed by atoms with Crippen molar-refractivity contribution >= 4 is 11.8 Å². The molecule has 1 saturated heterocycles. The van der Waals surface area contributed by atoms with Gasteiger partial charge in [-0.3, -0.25) is 9.59 Å². The Morgan fingerprint density at radius 3 is 2.68 bits per heavy atom. The Bertz CT molecular complexity index is 1050. The summed E-state index contributed by atoms with van der Waals surface area (Å²) in [6, 6.07) is 3.77. The number of nitrogens with two attached hydrogens (primary N) is 1. The van der Waals surface area contributed by atoms with Crippen LogP contribution in [0.3, 0.4) is 0 Å². The SMILES string of the molecule is CN(C)C(=O)C1CCCN1C(=O)c1nc(-c2ccc(OC(F)F)c(OCC3CC3)c2)oc1CN. The van der Waals surface area contributed by atoms with Crippen molar-refractivity contribution in [1.29, 1.82) is 0 Å². The Hall–Kier alpha value is -3.21. The Kier molecular flexibility index (Phi) is 7.01. The highest BCUT2D eigenvalue weighted by Crippen LogP contribution is 2.37. The summed E-state index contributed by atoms with van der Waals surface area (Å²) >= 11 is 0. The summed E-state index contributed by atoms with van der Waals surface area (Å²) in [7, 11) is 3.29. The van der Waals surface area contributed by atoms with Crippen LogP contribution in [0.4, 0.5) is 8.78 Å². The van der Waals surface area contributed by atoms with Gasteiger partial charge in [0.05, 0.1) is 13.2 Å². The van der Waals surface area contributed by atoms with E-state index in [1.807, 2.05) is 0 Å². The molecule has 2 aliphatic rings. The van der Waals surface area contributed by atoms with Gasteiger partial charge in [0.1, 0.15) is 6.04 Å². The maximum absolute atomic E-state index is 13.3. The predicted molar refractivity (Wildman–Crippen MR) is 117 cm³/mol. The van der Waals surface area contributed by atoms with Crippen LogP contribution in [0.25, 0.3) is 11.5 Å². The van der Waals surface area contributed by atoms with Gasteiger partial charge >= 0.3 is 6.61 Å². The number of amides is 2. The molecule has 4 rings (SSSR count). The minimum atomic E-state index is -3.00. The molecule has 184 valence electrons. The first-order valence-electron chi connectivity index (χ1n) is 11.2. The maximum atomic E-state index is 13.3. The number of likely N-dealkylation sites (tertiary alicyclic amines) is 1. The van der Waals surface area contributed by atoms with Gasteiger partial charge in [0, 0.05) is 26.2 Å². The smallest absolute Gasteiger partial charge is 0.387 e. The molecule has 1 saturated carbocycles. The second-order valence-corrected chi connectivity index (χ2v) is 8.68. The number of halogens is 2. The highest BCUT2D eigenvalue weighted by molar-refractivity contribution is 5.97. The fourth-order valence-electron chi connectivity index (χ4n) is 3.92. The lowest BCUT2D eigenvalue weighted by Gasteiger charge is -2.25. The largest absolute Gasteiger partial charge is 0.489 e. The van der Waals surface area contributed by atoms with Crippen LogP contribution in [0.1, 0.15) is 41.9 Å². The van der Waals surface area contributed by atoms with Crippen molar-refractivity contribution < 1.29 is 32.3 Å². The van der Waals surface area contributed by atoms with Crippen LogP contribution in [0.15, 0.2) is 22.6 Å². The van der Waals surface area contributed by atoms with Crippen molar-refractivity contribution in [2.75, 3.05) is 27.2 Å².